The van der Waals surface area contributed by atoms with Crippen LogP contribution in [-0.4, -0.2) is 19.9 Å². The van der Waals surface area contributed by atoms with E-state index in [2.05, 4.69) is 19.9 Å². The Morgan fingerprint density at radius 3 is 2.58 bits per heavy atom. The van der Waals surface area contributed by atoms with E-state index < -0.39 is 6.04 Å². The van der Waals surface area contributed by atoms with Crippen LogP contribution >= 0.6 is 23.2 Å². The Morgan fingerprint density at radius 1 is 1.11 bits per heavy atom. The summed E-state index contributed by atoms with van der Waals surface area (Å²) < 4.78 is 0. The number of rotatable bonds is 2. The quantitative estimate of drug-likeness (QED) is 0.712. The van der Waals surface area contributed by atoms with Gasteiger partial charge in [-0.3, -0.25) is 0 Å². The lowest BCUT2D eigenvalue weighted by Gasteiger charge is -2.12. The normalized spacial score (nSPS) is 12.8. The van der Waals surface area contributed by atoms with Crippen molar-refractivity contribution in [2.75, 3.05) is 0 Å². The van der Waals surface area contributed by atoms with Crippen molar-refractivity contribution in [1.82, 2.24) is 19.9 Å². The molecule has 0 radical (unpaired) electrons. The van der Waals surface area contributed by atoms with Gasteiger partial charge in [0.05, 0.1) is 18.1 Å². The fraction of sp³-hybridized carbons (Fsp3) is 0.0833. The first kappa shape index (κ1) is 12.3. The summed E-state index contributed by atoms with van der Waals surface area (Å²) in [5.74, 6) is 0. The van der Waals surface area contributed by atoms with Crippen molar-refractivity contribution < 1.29 is 0 Å². The van der Waals surface area contributed by atoms with Gasteiger partial charge in [0.25, 0.3) is 0 Å². The van der Waals surface area contributed by atoms with Crippen LogP contribution in [0.25, 0.3) is 11.2 Å². The van der Waals surface area contributed by atoms with Crippen LogP contribution in [0.1, 0.15) is 17.3 Å². The van der Waals surface area contributed by atoms with Gasteiger partial charge in [-0.2, -0.15) is 4.98 Å². The van der Waals surface area contributed by atoms with E-state index in [4.69, 9.17) is 28.9 Å². The monoisotopic (exact) mass is 293 g/mol. The minimum absolute atomic E-state index is 0.124. The molecule has 0 saturated carbocycles. The lowest BCUT2D eigenvalue weighted by atomic mass is 10.0. The van der Waals surface area contributed by atoms with Crippen LogP contribution in [0, 0.1) is 0 Å². The number of nitrogens with zero attached hydrogens (tertiary/aromatic N) is 3. The lowest BCUT2D eigenvalue weighted by Crippen LogP contribution is -2.14. The summed E-state index contributed by atoms with van der Waals surface area (Å²) in [6, 6.07) is 6.84. The Hall–Kier alpha value is -1.69. The number of H-pyrrole nitrogens is 1. The molecule has 3 rings (SSSR count). The predicted molar refractivity (Wildman–Crippen MR) is 74.2 cm³/mol. The van der Waals surface area contributed by atoms with E-state index in [9.17, 15) is 0 Å². The van der Waals surface area contributed by atoms with E-state index in [0.29, 0.717) is 21.9 Å². The minimum Gasteiger partial charge on any atom is -0.342 e. The largest absolute Gasteiger partial charge is 0.342 e. The summed E-state index contributed by atoms with van der Waals surface area (Å²) in [6.07, 6.45) is 1.54. The highest BCUT2D eigenvalue weighted by atomic mass is 35.5. The van der Waals surface area contributed by atoms with Crippen LogP contribution < -0.4 is 5.73 Å². The van der Waals surface area contributed by atoms with Crippen LogP contribution in [0.4, 0.5) is 0 Å². The molecule has 0 amide bonds. The Morgan fingerprint density at radius 2 is 1.84 bits per heavy atom. The molecule has 1 aromatic carbocycles. The van der Waals surface area contributed by atoms with E-state index in [0.717, 1.165) is 5.56 Å². The van der Waals surface area contributed by atoms with Gasteiger partial charge < -0.3 is 10.7 Å². The van der Waals surface area contributed by atoms with E-state index >= 15 is 0 Å². The number of aromatic nitrogens is 4. The highest BCUT2D eigenvalue weighted by Gasteiger charge is 2.17. The number of hydrogen-bond donors (Lipinski definition) is 2. The molecule has 2 heterocycles. The lowest BCUT2D eigenvalue weighted by molar-refractivity contribution is 0.831. The maximum absolute atomic E-state index is 6.22. The second kappa shape index (κ2) is 4.77. The van der Waals surface area contributed by atoms with E-state index in [1.54, 1.807) is 12.1 Å². The molecule has 19 heavy (non-hydrogen) atoms. The van der Waals surface area contributed by atoms with E-state index in [1.807, 2.05) is 12.1 Å². The Bertz CT molecular complexity index is 723. The predicted octanol–water partition coefficient (Wildman–Crippen LogP) is 2.71. The van der Waals surface area contributed by atoms with Gasteiger partial charge in [-0.05, 0) is 29.3 Å². The first-order valence-electron chi connectivity index (χ1n) is 5.52. The smallest absolute Gasteiger partial charge is 0.224 e. The van der Waals surface area contributed by atoms with Crippen molar-refractivity contribution in [2.24, 2.45) is 5.73 Å². The SMILES string of the molecule is NC(c1ccc(Cl)cc1)c1nc(Cl)nc2nc[nH]c12. The van der Waals surface area contributed by atoms with Crippen molar-refractivity contribution in [3.05, 3.63) is 52.2 Å². The van der Waals surface area contributed by atoms with Gasteiger partial charge in [0.1, 0.15) is 5.52 Å². The van der Waals surface area contributed by atoms with Gasteiger partial charge in [-0.15, -0.1) is 0 Å². The third kappa shape index (κ3) is 2.28. The number of halogens is 2. The number of nitrogens with two attached hydrogens (primary N) is 1. The van der Waals surface area contributed by atoms with Gasteiger partial charge >= 0.3 is 0 Å². The van der Waals surface area contributed by atoms with Crippen LogP contribution in [-0.2, 0) is 0 Å². The van der Waals surface area contributed by atoms with Crippen LogP contribution in [0.5, 0.6) is 0 Å². The highest BCUT2D eigenvalue weighted by Crippen LogP contribution is 2.25. The van der Waals surface area contributed by atoms with Crippen molar-refractivity contribution in [3.63, 3.8) is 0 Å². The van der Waals surface area contributed by atoms with Crippen LogP contribution in [0.2, 0.25) is 10.3 Å². The molecule has 0 fully saturated rings. The summed E-state index contributed by atoms with van der Waals surface area (Å²) in [5, 5.41) is 0.780. The summed E-state index contributed by atoms with van der Waals surface area (Å²) in [7, 11) is 0. The zero-order valence-corrected chi connectivity index (χ0v) is 11.2. The average Bonchev–Trinajstić information content (AvgIpc) is 2.85. The second-order valence-corrected chi connectivity index (χ2v) is 4.78. The fourth-order valence-electron chi connectivity index (χ4n) is 1.88. The molecule has 0 bridgehead atoms. The van der Waals surface area contributed by atoms with E-state index in [-0.39, 0.29) is 5.28 Å². The third-order valence-corrected chi connectivity index (χ3v) is 3.23. The second-order valence-electron chi connectivity index (χ2n) is 4.01. The molecule has 3 aromatic rings. The number of hydrogen-bond acceptors (Lipinski definition) is 4. The van der Waals surface area contributed by atoms with Crippen molar-refractivity contribution in [2.45, 2.75) is 6.04 Å². The highest BCUT2D eigenvalue weighted by molar-refractivity contribution is 6.30. The molecular formula is C12H9Cl2N5. The average molecular weight is 294 g/mol. The first-order valence-corrected chi connectivity index (χ1v) is 6.28. The minimum atomic E-state index is -0.430. The maximum Gasteiger partial charge on any atom is 0.224 e. The summed E-state index contributed by atoms with van der Waals surface area (Å²) >= 11 is 11.7. The number of aromatic amines is 1. The molecular weight excluding hydrogens is 285 g/mol. The summed E-state index contributed by atoms with van der Waals surface area (Å²) in [5.41, 5.74) is 8.90. The molecule has 96 valence electrons. The van der Waals surface area contributed by atoms with Gasteiger partial charge in [0.2, 0.25) is 5.28 Å². The van der Waals surface area contributed by atoms with Gasteiger partial charge in [0, 0.05) is 5.02 Å². The molecule has 0 aliphatic carbocycles. The molecule has 7 heteroatoms. The summed E-state index contributed by atoms with van der Waals surface area (Å²) in [6.45, 7) is 0. The number of benzene rings is 1. The maximum atomic E-state index is 6.22. The standard InChI is InChI=1S/C12H9Cl2N5/c13-7-3-1-6(2-4-7)8(15)9-10-11(17-5-16-10)19-12(14)18-9/h1-5,8H,15H2,(H,16,17,18,19). The summed E-state index contributed by atoms with van der Waals surface area (Å²) in [4.78, 5) is 15.3. The molecule has 1 unspecified atom stereocenters. The number of imidazole rings is 1. The number of nitrogens with one attached hydrogen (secondary N) is 1. The Labute approximate surface area is 118 Å². The molecule has 0 aliphatic rings. The number of fused-ring (bicyclic) bond motifs is 1. The topological polar surface area (TPSA) is 80.5 Å². The van der Waals surface area contributed by atoms with Gasteiger partial charge in [0.15, 0.2) is 5.65 Å². The zero-order valence-electron chi connectivity index (χ0n) is 9.64. The fourth-order valence-corrected chi connectivity index (χ4v) is 2.18. The van der Waals surface area contributed by atoms with Crippen molar-refractivity contribution in [3.8, 4) is 0 Å². The van der Waals surface area contributed by atoms with Crippen molar-refractivity contribution >= 4 is 34.4 Å². The molecule has 0 saturated heterocycles. The Kier molecular flexibility index (Phi) is 3.10. The third-order valence-electron chi connectivity index (χ3n) is 2.81. The van der Waals surface area contributed by atoms with Crippen LogP contribution in [0.15, 0.2) is 30.6 Å². The van der Waals surface area contributed by atoms with Gasteiger partial charge in [-0.1, -0.05) is 23.7 Å². The first-order chi connectivity index (χ1) is 9.15. The van der Waals surface area contributed by atoms with Crippen LogP contribution in [0.3, 0.4) is 0 Å². The molecule has 2 aromatic heterocycles. The Balaban J connectivity index is 2.12. The van der Waals surface area contributed by atoms with Crippen molar-refractivity contribution in [1.29, 1.82) is 0 Å². The molecule has 5 nitrogen and oxygen atoms in total. The molecule has 0 spiro atoms. The van der Waals surface area contributed by atoms with Gasteiger partial charge in [-0.25, -0.2) is 9.97 Å². The molecule has 0 aliphatic heterocycles. The molecule has 3 N–H and O–H groups in total. The van der Waals surface area contributed by atoms with E-state index in [1.165, 1.54) is 6.33 Å². The molecule has 1 atom stereocenters. The zero-order chi connectivity index (χ0) is 13.4.